The summed E-state index contributed by atoms with van der Waals surface area (Å²) in [5, 5.41) is 7.64. The Hall–Kier alpha value is -4.70. The number of alkyl halides is 3. The molecule has 0 unspecified atom stereocenters. The summed E-state index contributed by atoms with van der Waals surface area (Å²) in [4.78, 5) is 22.6. The van der Waals surface area contributed by atoms with Gasteiger partial charge in [0.2, 0.25) is 17.9 Å². The minimum absolute atomic E-state index is 0.101. The number of carbonyl (C=O) groups excluding carboxylic acids is 1. The summed E-state index contributed by atoms with van der Waals surface area (Å²) in [6.07, 6.45) is -2.57. The van der Waals surface area contributed by atoms with E-state index < -0.39 is 22.1 Å². The number of ether oxygens (including phenoxy) is 2. The van der Waals surface area contributed by atoms with E-state index in [1.807, 2.05) is 4.90 Å². The van der Waals surface area contributed by atoms with Crippen molar-refractivity contribution in [2.45, 2.75) is 56.3 Å². The maximum absolute atomic E-state index is 14.9. The van der Waals surface area contributed by atoms with Crippen molar-refractivity contribution >= 4 is 27.6 Å². The first-order chi connectivity index (χ1) is 23.6. The van der Waals surface area contributed by atoms with Gasteiger partial charge in [0.05, 0.1) is 22.9 Å². The molecule has 2 aliphatic heterocycles. The van der Waals surface area contributed by atoms with Crippen LogP contribution in [-0.2, 0) is 19.4 Å². The molecule has 4 aromatic rings. The molecule has 0 radical (unpaired) electrons. The maximum atomic E-state index is 14.9. The highest BCUT2D eigenvalue weighted by Gasteiger charge is 2.46. The van der Waals surface area contributed by atoms with Crippen molar-refractivity contribution in [3.63, 3.8) is 0 Å². The van der Waals surface area contributed by atoms with E-state index >= 15 is 0 Å². The summed E-state index contributed by atoms with van der Waals surface area (Å²) in [6, 6.07) is 13.1. The van der Waals surface area contributed by atoms with Crippen LogP contribution in [0, 0.1) is 12.3 Å². The van der Waals surface area contributed by atoms with Crippen LogP contribution in [0.25, 0.3) is 16.8 Å². The van der Waals surface area contributed by atoms with Gasteiger partial charge in [-0.15, -0.1) is 0 Å². The zero-order valence-corrected chi connectivity index (χ0v) is 28.6. The first-order valence-corrected chi connectivity index (χ1v) is 18.0. The van der Waals surface area contributed by atoms with Gasteiger partial charge in [-0.05, 0) is 73.9 Å². The van der Waals surface area contributed by atoms with Crippen LogP contribution < -0.4 is 20.7 Å². The lowest BCUT2D eigenvalue weighted by molar-refractivity contribution is -0.198. The quantitative estimate of drug-likeness (QED) is 0.230. The van der Waals surface area contributed by atoms with Gasteiger partial charge in [0, 0.05) is 43.7 Å². The number of hydrogen-bond acceptors (Lipinski definition) is 11. The number of benzene rings is 2. The van der Waals surface area contributed by atoms with E-state index in [1.54, 1.807) is 44.3 Å². The fourth-order valence-electron chi connectivity index (χ4n) is 6.58. The van der Waals surface area contributed by atoms with Crippen molar-refractivity contribution in [2.24, 2.45) is 5.41 Å². The Morgan fingerprint density at radius 1 is 1.08 bits per heavy atom. The molecule has 2 aromatic carbocycles. The van der Waals surface area contributed by atoms with Crippen LogP contribution in [0.3, 0.4) is 0 Å². The van der Waals surface area contributed by atoms with Gasteiger partial charge in [-0.2, -0.15) is 28.2 Å². The number of rotatable bonds is 9. The molecule has 0 bridgehead atoms. The SMILES string of the molecule is CCOC(=O)[C@@H]1CC2(CCN(c3cc(O[C@H](c4ccc(-c5ccc(S(C)(=O)=O)cc5)cc4-n4ccc(C)n4)C(F)(F)F)nc(N)n3)CC2)CN1. The van der Waals surface area contributed by atoms with Crippen LogP contribution in [-0.4, -0.2) is 78.9 Å². The molecule has 0 amide bonds. The largest absolute Gasteiger partial charge is 0.465 e. The Bertz CT molecular complexity index is 1980. The standard InChI is InChI=1S/C34H38F3N7O5S/c1-4-48-31(45)26-19-33(20-39-26)12-15-43(16-13-33)28-18-29(41-32(38)40-28)49-30(34(35,36)37)25-10-7-23(17-27(25)44-14-11-21(2)42-44)22-5-8-24(9-6-22)50(3,46)47/h5-11,14,17-18,26,30,39H,4,12-13,15-16,19-20H2,1-3H3,(H2,38,40,41)/t26-,30+/m0/s1. The molecule has 2 atom stereocenters. The summed E-state index contributed by atoms with van der Waals surface area (Å²) in [5.74, 6) is -0.505. The van der Waals surface area contributed by atoms with Gasteiger partial charge < -0.3 is 25.4 Å². The number of carbonyl (C=O) groups is 1. The number of anilines is 2. The molecule has 3 N–H and O–H groups in total. The highest BCUT2D eigenvalue weighted by atomic mass is 32.2. The van der Waals surface area contributed by atoms with E-state index in [0.29, 0.717) is 55.3 Å². The smallest absolute Gasteiger partial charge is 0.429 e. The second-order valence-electron chi connectivity index (χ2n) is 12.8. The lowest BCUT2D eigenvalue weighted by Gasteiger charge is -2.39. The summed E-state index contributed by atoms with van der Waals surface area (Å²) < 4.78 is 80.8. The zero-order chi connectivity index (χ0) is 35.8. The normalized spacial score (nSPS) is 18.3. The summed E-state index contributed by atoms with van der Waals surface area (Å²) in [6.45, 7) is 5.56. The van der Waals surface area contributed by atoms with Crippen molar-refractivity contribution in [1.82, 2.24) is 25.1 Å². The van der Waals surface area contributed by atoms with Gasteiger partial charge in [-0.1, -0.05) is 24.3 Å². The van der Waals surface area contributed by atoms with Crippen LogP contribution in [0.1, 0.15) is 43.5 Å². The van der Waals surface area contributed by atoms with Crippen LogP contribution in [0.2, 0.25) is 0 Å². The van der Waals surface area contributed by atoms with Gasteiger partial charge >= 0.3 is 12.1 Å². The van der Waals surface area contributed by atoms with Crippen molar-refractivity contribution < 1.29 is 35.9 Å². The number of piperidine rings is 1. The summed E-state index contributed by atoms with van der Waals surface area (Å²) >= 11 is 0. The Morgan fingerprint density at radius 2 is 1.78 bits per heavy atom. The average Bonchev–Trinajstić information content (AvgIpc) is 3.69. The predicted octanol–water partition coefficient (Wildman–Crippen LogP) is 4.82. The molecule has 2 saturated heterocycles. The first kappa shape index (κ1) is 35.1. The van der Waals surface area contributed by atoms with Crippen molar-refractivity contribution in [3.05, 3.63) is 72.1 Å². The van der Waals surface area contributed by atoms with E-state index in [0.717, 1.165) is 19.1 Å². The minimum atomic E-state index is -4.88. The number of nitrogens with one attached hydrogen (secondary N) is 1. The number of sulfone groups is 1. The van der Waals surface area contributed by atoms with Crippen molar-refractivity contribution in [1.29, 1.82) is 0 Å². The molecule has 1 spiro atoms. The molecule has 0 aliphatic carbocycles. The topological polar surface area (TPSA) is 155 Å². The van der Waals surface area contributed by atoms with E-state index in [-0.39, 0.29) is 45.4 Å². The third kappa shape index (κ3) is 7.55. The average molecular weight is 714 g/mol. The summed E-state index contributed by atoms with van der Waals surface area (Å²) in [7, 11) is -3.44. The molecule has 2 aliphatic rings. The van der Waals surface area contributed by atoms with Gasteiger partial charge in [0.25, 0.3) is 0 Å². The maximum Gasteiger partial charge on any atom is 0.429 e. The minimum Gasteiger partial charge on any atom is -0.465 e. The van der Waals surface area contributed by atoms with E-state index in [2.05, 4.69) is 20.4 Å². The molecule has 12 nitrogen and oxygen atoms in total. The second kappa shape index (κ2) is 13.5. The molecule has 266 valence electrons. The highest BCUT2D eigenvalue weighted by molar-refractivity contribution is 7.90. The molecular formula is C34H38F3N7O5S. The number of esters is 1. The van der Waals surface area contributed by atoms with Gasteiger partial charge in [-0.25, -0.2) is 13.1 Å². The summed E-state index contributed by atoms with van der Waals surface area (Å²) in [5.41, 5.74) is 7.52. The van der Waals surface area contributed by atoms with Crippen molar-refractivity contribution in [2.75, 3.05) is 43.1 Å². The third-order valence-corrected chi connectivity index (χ3v) is 10.3. The molecular weight excluding hydrogens is 675 g/mol. The zero-order valence-electron chi connectivity index (χ0n) is 27.8. The number of nitrogen functional groups attached to an aromatic ring is 1. The molecule has 50 heavy (non-hydrogen) atoms. The lowest BCUT2D eigenvalue weighted by atomic mass is 9.76. The third-order valence-electron chi connectivity index (χ3n) is 9.22. The monoisotopic (exact) mass is 713 g/mol. The number of aromatic nitrogens is 4. The lowest BCUT2D eigenvalue weighted by Crippen LogP contribution is -2.41. The van der Waals surface area contributed by atoms with Crippen molar-refractivity contribution in [3.8, 4) is 22.7 Å². The fraction of sp³-hybridized carbons (Fsp3) is 0.412. The molecule has 4 heterocycles. The van der Waals surface area contributed by atoms with E-state index in [9.17, 15) is 26.4 Å². The Kier molecular flexibility index (Phi) is 9.52. The Balaban J connectivity index is 1.28. The van der Waals surface area contributed by atoms with Gasteiger partial charge in [-0.3, -0.25) is 4.79 Å². The Morgan fingerprint density at radius 3 is 2.40 bits per heavy atom. The van der Waals surface area contributed by atoms with Gasteiger partial charge in [0.1, 0.15) is 11.9 Å². The fourth-order valence-corrected chi connectivity index (χ4v) is 7.22. The van der Waals surface area contributed by atoms with Crippen LogP contribution >= 0.6 is 0 Å². The second-order valence-corrected chi connectivity index (χ2v) is 14.8. The molecule has 6 rings (SSSR count). The van der Waals surface area contributed by atoms with Gasteiger partial charge in [0.15, 0.2) is 9.84 Å². The van der Waals surface area contributed by atoms with E-state index in [1.165, 1.54) is 35.0 Å². The van der Waals surface area contributed by atoms with E-state index in [4.69, 9.17) is 15.2 Å². The first-order valence-electron chi connectivity index (χ1n) is 16.1. The predicted molar refractivity (Wildman–Crippen MR) is 180 cm³/mol. The van der Waals surface area contributed by atoms with Crippen LogP contribution in [0.5, 0.6) is 5.88 Å². The number of halogens is 3. The highest BCUT2D eigenvalue weighted by Crippen LogP contribution is 2.43. The molecule has 16 heteroatoms. The van der Waals surface area contributed by atoms with Crippen LogP contribution in [0.15, 0.2) is 65.7 Å². The number of hydrogen-bond donors (Lipinski definition) is 2. The molecule has 2 aromatic heterocycles. The van der Waals surface area contributed by atoms with Crippen LogP contribution in [0.4, 0.5) is 24.9 Å². The Labute approximate surface area is 287 Å². The number of nitrogens with zero attached hydrogens (tertiary/aromatic N) is 5. The number of aryl methyl sites for hydroxylation is 1. The number of nitrogens with two attached hydrogens (primary N) is 1. The molecule has 0 saturated carbocycles. The molecule has 2 fully saturated rings.